The molecule has 1 aromatic heterocycles. The van der Waals surface area contributed by atoms with E-state index in [0.717, 1.165) is 10.0 Å². The predicted molar refractivity (Wildman–Crippen MR) is 115 cm³/mol. The second kappa shape index (κ2) is 7.91. The fourth-order valence-corrected chi connectivity index (χ4v) is 4.25. The Bertz CT molecular complexity index is 1290. The minimum Gasteiger partial charge on any atom is -0.462 e. The molecule has 0 saturated carbocycles. The highest BCUT2D eigenvalue weighted by atomic mass is 79.9. The van der Waals surface area contributed by atoms with Crippen LogP contribution in [0.5, 0.6) is 0 Å². The van der Waals surface area contributed by atoms with Crippen molar-refractivity contribution in [2.24, 2.45) is 0 Å². The summed E-state index contributed by atoms with van der Waals surface area (Å²) in [5, 5.41) is 2.75. The van der Waals surface area contributed by atoms with Crippen LogP contribution in [0.25, 0.3) is 11.0 Å². The Labute approximate surface area is 179 Å². The first-order valence-electron chi connectivity index (χ1n) is 9.44. The smallest absolute Gasteiger partial charge is 0.338 e. The molecule has 2 aromatic carbocycles. The second-order valence-electron chi connectivity index (χ2n) is 6.94. The monoisotopic (exact) mass is 471 g/mol. The lowest BCUT2D eigenvalue weighted by atomic mass is 9.97. The van der Waals surface area contributed by atoms with E-state index in [9.17, 15) is 19.2 Å². The Balaban J connectivity index is 1.72. The predicted octanol–water partition coefficient (Wildman–Crippen LogP) is 2.75. The van der Waals surface area contributed by atoms with E-state index < -0.39 is 29.0 Å². The number of nitrogens with one attached hydrogen (secondary N) is 2. The van der Waals surface area contributed by atoms with Gasteiger partial charge in [0.05, 0.1) is 23.2 Å². The maximum Gasteiger partial charge on any atom is 0.338 e. The molecule has 0 bridgehead atoms. The van der Waals surface area contributed by atoms with Crippen LogP contribution in [0.3, 0.4) is 0 Å². The highest BCUT2D eigenvalue weighted by Crippen LogP contribution is 2.31. The molecular weight excluding hydrogens is 454 g/mol. The van der Waals surface area contributed by atoms with Gasteiger partial charge in [-0.05, 0) is 55.7 Å². The molecule has 2 heterocycles. The molecule has 1 aliphatic rings. The number of hydrogen-bond acceptors (Lipinski definition) is 5. The zero-order valence-electron chi connectivity index (χ0n) is 16.0. The van der Waals surface area contributed by atoms with Crippen LogP contribution < -0.4 is 16.4 Å². The summed E-state index contributed by atoms with van der Waals surface area (Å²) in [6.07, 6.45) is 0.938. The van der Waals surface area contributed by atoms with E-state index in [1.54, 1.807) is 31.2 Å². The van der Waals surface area contributed by atoms with Crippen LogP contribution in [0.2, 0.25) is 0 Å². The van der Waals surface area contributed by atoms with Gasteiger partial charge in [-0.15, -0.1) is 0 Å². The molecule has 0 aliphatic carbocycles. The van der Waals surface area contributed by atoms with Crippen molar-refractivity contribution in [3.05, 3.63) is 72.7 Å². The number of carbonyl (C=O) groups excluding carboxylic acids is 2. The van der Waals surface area contributed by atoms with Gasteiger partial charge in [0.1, 0.15) is 6.04 Å². The number of benzene rings is 2. The fourth-order valence-electron chi connectivity index (χ4n) is 3.74. The Morgan fingerprint density at radius 1 is 1.27 bits per heavy atom. The van der Waals surface area contributed by atoms with Crippen LogP contribution in [0, 0.1) is 0 Å². The molecule has 0 spiro atoms. The van der Waals surface area contributed by atoms with Crippen LogP contribution in [-0.4, -0.2) is 28.0 Å². The summed E-state index contributed by atoms with van der Waals surface area (Å²) in [5.74, 6) is -0.920. The number of H-pyrrole nitrogens is 1. The van der Waals surface area contributed by atoms with Crippen molar-refractivity contribution in [1.82, 2.24) is 9.55 Å². The molecule has 1 amide bonds. The quantitative estimate of drug-likeness (QED) is 0.448. The molecule has 4 rings (SSSR count). The third-order valence-corrected chi connectivity index (χ3v) is 5.46. The number of aromatic nitrogens is 2. The van der Waals surface area contributed by atoms with Gasteiger partial charge in [0, 0.05) is 10.2 Å². The van der Waals surface area contributed by atoms with Crippen molar-refractivity contribution in [2.45, 2.75) is 25.8 Å². The number of halogens is 1. The normalized spacial score (nSPS) is 15.1. The van der Waals surface area contributed by atoms with E-state index >= 15 is 0 Å². The van der Waals surface area contributed by atoms with Crippen LogP contribution in [0.1, 0.15) is 35.3 Å². The standard InChI is InChI=1S/C21H18BrN3O5/c1-2-30-21(29)12-4-3-5-14(9-12)23-18(26)16-7-6-11-8-13(22)10-15-17(11)25(16)20(28)19(27)24-15/h3-5,8-10,16H,2,6-7H2,1H3,(H,23,26)(H,24,27). The largest absolute Gasteiger partial charge is 0.462 e. The van der Waals surface area contributed by atoms with Crippen molar-refractivity contribution < 1.29 is 14.3 Å². The van der Waals surface area contributed by atoms with Gasteiger partial charge in [-0.25, -0.2) is 4.79 Å². The molecule has 0 radical (unpaired) electrons. The van der Waals surface area contributed by atoms with Crippen LogP contribution in [0.15, 0.2) is 50.5 Å². The van der Waals surface area contributed by atoms with Crippen molar-refractivity contribution >= 4 is 44.5 Å². The lowest BCUT2D eigenvalue weighted by molar-refractivity contribution is -0.119. The van der Waals surface area contributed by atoms with Crippen molar-refractivity contribution in [2.75, 3.05) is 11.9 Å². The summed E-state index contributed by atoms with van der Waals surface area (Å²) in [5.41, 5.74) is 1.08. The number of carbonyl (C=O) groups is 2. The molecule has 0 fully saturated rings. The number of hydrogen-bond donors (Lipinski definition) is 2. The van der Waals surface area contributed by atoms with E-state index in [4.69, 9.17) is 4.74 Å². The van der Waals surface area contributed by atoms with Crippen molar-refractivity contribution in [3.8, 4) is 0 Å². The molecule has 154 valence electrons. The first kappa shape index (κ1) is 20.1. The van der Waals surface area contributed by atoms with E-state index in [1.165, 1.54) is 10.6 Å². The van der Waals surface area contributed by atoms with Gasteiger partial charge in [-0.3, -0.25) is 19.0 Å². The van der Waals surface area contributed by atoms with Gasteiger partial charge in [0.15, 0.2) is 0 Å². The minimum atomic E-state index is -0.845. The maximum absolute atomic E-state index is 13.0. The number of rotatable bonds is 4. The molecule has 2 N–H and O–H groups in total. The number of aryl methyl sites for hydroxylation is 1. The van der Waals surface area contributed by atoms with Crippen molar-refractivity contribution in [3.63, 3.8) is 0 Å². The molecule has 30 heavy (non-hydrogen) atoms. The number of anilines is 1. The topological polar surface area (TPSA) is 110 Å². The SMILES string of the molecule is CCOC(=O)c1cccc(NC(=O)C2CCc3cc(Br)cc4[nH]c(=O)c(=O)n2c34)c1. The van der Waals surface area contributed by atoms with E-state index in [2.05, 4.69) is 26.2 Å². The number of nitrogens with zero attached hydrogens (tertiary/aromatic N) is 1. The summed E-state index contributed by atoms with van der Waals surface area (Å²) in [4.78, 5) is 52.4. The molecule has 1 aliphatic heterocycles. The first-order valence-corrected chi connectivity index (χ1v) is 10.2. The molecule has 9 heteroatoms. The zero-order chi connectivity index (χ0) is 21.4. The van der Waals surface area contributed by atoms with Crippen LogP contribution in [0.4, 0.5) is 5.69 Å². The maximum atomic E-state index is 13.0. The lowest BCUT2D eigenvalue weighted by Gasteiger charge is -2.27. The third-order valence-electron chi connectivity index (χ3n) is 5.00. The lowest BCUT2D eigenvalue weighted by Crippen LogP contribution is -2.43. The van der Waals surface area contributed by atoms with Gasteiger partial charge >= 0.3 is 17.1 Å². The first-order chi connectivity index (χ1) is 14.4. The average molecular weight is 472 g/mol. The summed E-state index contributed by atoms with van der Waals surface area (Å²) < 4.78 is 7.03. The molecule has 3 aromatic rings. The van der Waals surface area contributed by atoms with Crippen LogP contribution >= 0.6 is 15.9 Å². The van der Waals surface area contributed by atoms with Gasteiger partial charge in [0.25, 0.3) is 0 Å². The molecule has 8 nitrogen and oxygen atoms in total. The summed E-state index contributed by atoms with van der Waals surface area (Å²) in [7, 11) is 0. The zero-order valence-corrected chi connectivity index (χ0v) is 17.6. The Hall–Kier alpha value is -3.20. The van der Waals surface area contributed by atoms with Gasteiger partial charge in [0.2, 0.25) is 5.91 Å². The van der Waals surface area contributed by atoms with E-state index in [1.807, 2.05) is 6.07 Å². The van der Waals surface area contributed by atoms with Gasteiger partial charge in [-0.2, -0.15) is 0 Å². The number of amides is 1. The molecule has 1 atom stereocenters. The van der Waals surface area contributed by atoms with Crippen molar-refractivity contribution in [1.29, 1.82) is 0 Å². The summed E-state index contributed by atoms with van der Waals surface area (Å²) >= 11 is 3.41. The Morgan fingerprint density at radius 2 is 2.07 bits per heavy atom. The average Bonchev–Trinajstić information content (AvgIpc) is 2.71. The number of aromatic amines is 1. The minimum absolute atomic E-state index is 0.245. The Kier molecular flexibility index (Phi) is 5.29. The second-order valence-corrected chi connectivity index (χ2v) is 7.85. The van der Waals surface area contributed by atoms with E-state index in [0.29, 0.717) is 35.1 Å². The number of ether oxygens (including phenoxy) is 1. The number of esters is 1. The van der Waals surface area contributed by atoms with Gasteiger partial charge < -0.3 is 15.0 Å². The van der Waals surface area contributed by atoms with Crippen LogP contribution in [-0.2, 0) is 16.0 Å². The highest BCUT2D eigenvalue weighted by Gasteiger charge is 2.29. The summed E-state index contributed by atoms with van der Waals surface area (Å²) in [6, 6.07) is 9.12. The third kappa shape index (κ3) is 3.56. The van der Waals surface area contributed by atoms with E-state index in [-0.39, 0.29) is 6.61 Å². The molecule has 0 saturated heterocycles. The fraction of sp³-hybridized carbons (Fsp3) is 0.238. The molecule has 1 unspecified atom stereocenters. The Morgan fingerprint density at radius 3 is 2.83 bits per heavy atom. The summed E-state index contributed by atoms with van der Waals surface area (Å²) in [6.45, 7) is 1.96. The molecular formula is C21H18BrN3O5. The highest BCUT2D eigenvalue weighted by molar-refractivity contribution is 9.10. The van der Waals surface area contributed by atoms with Gasteiger partial charge in [-0.1, -0.05) is 22.0 Å².